The maximum absolute atomic E-state index is 14.0. The Kier molecular flexibility index (Phi) is 5.60. The van der Waals surface area contributed by atoms with Crippen LogP contribution in [0.1, 0.15) is 66.1 Å². The molecule has 2 bridgehead atoms. The van der Waals surface area contributed by atoms with Crippen LogP contribution in [0.5, 0.6) is 5.75 Å². The number of aromatic hydroxyl groups is 1. The van der Waals surface area contributed by atoms with Gasteiger partial charge in [-0.25, -0.2) is 8.78 Å². The Labute approximate surface area is 205 Å². The number of aromatic nitrogens is 1. The largest absolute Gasteiger partial charge is 0.503 e. The molecule has 4 unspecified atom stereocenters. The highest BCUT2D eigenvalue weighted by molar-refractivity contribution is 5.99. The molecule has 190 valence electrons. The molecule has 0 aliphatic carbocycles. The number of amides is 2. The number of nitrogens with one attached hydrogen (secondary N) is 1. The first kappa shape index (κ1) is 24.0. The van der Waals surface area contributed by atoms with Gasteiger partial charge in [0.1, 0.15) is 17.2 Å². The van der Waals surface area contributed by atoms with Crippen molar-refractivity contribution in [2.24, 2.45) is 11.1 Å². The molecule has 0 radical (unpaired) electrons. The molecule has 4 atom stereocenters. The van der Waals surface area contributed by atoms with Crippen molar-refractivity contribution < 1.29 is 28.3 Å². The first-order valence-corrected chi connectivity index (χ1v) is 11.8. The summed E-state index contributed by atoms with van der Waals surface area (Å²) in [5.41, 5.74) is -1.65. The molecule has 1 saturated heterocycles. The molecule has 0 saturated carbocycles. The number of carbonyl (C=O) groups is 2. The minimum Gasteiger partial charge on any atom is -0.503 e. The molecule has 1 spiro atoms. The van der Waals surface area contributed by atoms with Gasteiger partial charge in [-0.1, -0.05) is 18.1 Å². The monoisotopic (exact) mass is 500 g/mol. The summed E-state index contributed by atoms with van der Waals surface area (Å²) >= 11 is 0. The van der Waals surface area contributed by atoms with E-state index in [1.165, 1.54) is 16.8 Å². The molecule has 1 aromatic heterocycles. The lowest BCUT2D eigenvalue weighted by molar-refractivity contribution is -0.0864. The van der Waals surface area contributed by atoms with E-state index in [1.54, 1.807) is 4.90 Å². The summed E-state index contributed by atoms with van der Waals surface area (Å²) < 4.78 is 28.6. The van der Waals surface area contributed by atoms with Crippen molar-refractivity contribution in [3.63, 3.8) is 0 Å². The Balaban J connectivity index is 1.57. The molecule has 2 aromatic rings. The summed E-state index contributed by atoms with van der Waals surface area (Å²) in [6.07, 6.45) is 2.46. The average molecular weight is 501 g/mol. The lowest BCUT2D eigenvalue weighted by Crippen LogP contribution is -2.54. The molecule has 2 amide bonds. The van der Waals surface area contributed by atoms with Crippen LogP contribution in [0.2, 0.25) is 0 Å². The van der Waals surface area contributed by atoms with Gasteiger partial charge in [-0.05, 0) is 32.8 Å². The van der Waals surface area contributed by atoms with Gasteiger partial charge in [0.15, 0.2) is 17.0 Å². The number of hydrogen-bond donors (Lipinski definition) is 2. The Morgan fingerprint density at radius 2 is 2.06 bits per heavy atom. The predicted molar refractivity (Wildman–Crippen MR) is 125 cm³/mol. The van der Waals surface area contributed by atoms with Gasteiger partial charge in [0.2, 0.25) is 5.43 Å². The number of fused-ring (bicyclic) bond motifs is 5. The van der Waals surface area contributed by atoms with E-state index in [-0.39, 0.29) is 36.3 Å². The van der Waals surface area contributed by atoms with E-state index in [4.69, 9.17) is 4.84 Å². The lowest BCUT2D eigenvalue weighted by atomic mass is 9.76. The summed E-state index contributed by atoms with van der Waals surface area (Å²) in [6, 6.07) is 2.25. The lowest BCUT2D eigenvalue weighted by Gasteiger charge is -2.43. The Hall–Kier alpha value is -3.76. The molecule has 2 N–H and O–H groups in total. The first-order valence-electron chi connectivity index (χ1n) is 11.8. The molecular weight excluding hydrogens is 474 g/mol. The van der Waals surface area contributed by atoms with E-state index >= 15 is 0 Å². The van der Waals surface area contributed by atoms with Crippen LogP contribution < -0.4 is 10.7 Å². The fraction of sp³-hybridized carbons (Fsp3) is 0.440. The van der Waals surface area contributed by atoms with Gasteiger partial charge in [0, 0.05) is 42.9 Å². The number of pyridine rings is 1. The summed E-state index contributed by atoms with van der Waals surface area (Å²) in [7, 11) is 0. The highest BCUT2D eigenvalue weighted by Gasteiger charge is 2.57. The molecular formula is C25H26F2N4O5. The summed E-state index contributed by atoms with van der Waals surface area (Å²) in [5, 5.41) is 17.5. The summed E-state index contributed by atoms with van der Waals surface area (Å²) in [6.45, 7) is 5.69. The molecule has 9 nitrogen and oxygen atoms in total. The number of carbonyl (C=O) groups excluding carboxylic acids is 2. The molecule has 3 aliphatic heterocycles. The first-order chi connectivity index (χ1) is 17.0. The summed E-state index contributed by atoms with van der Waals surface area (Å²) in [5.74, 6) is -3.92. The minimum atomic E-state index is -1.01. The molecule has 3 aliphatic rings. The third kappa shape index (κ3) is 3.48. The average Bonchev–Trinajstić information content (AvgIpc) is 3.05. The minimum absolute atomic E-state index is 0.0235. The molecule has 36 heavy (non-hydrogen) atoms. The number of hydrogen-bond acceptors (Lipinski definition) is 6. The number of oxime groups is 1. The second kappa shape index (κ2) is 8.42. The Bertz CT molecular complexity index is 1370. The van der Waals surface area contributed by atoms with Crippen LogP contribution in [-0.4, -0.2) is 50.3 Å². The van der Waals surface area contributed by atoms with Crippen LogP contribution in [0, 0.1) is 17.6 Å². The normalized spacial score (nSPS) is 26.8. The van der Waals surface area contributed by atoms with Crippen molar-refractivity contribution in [1.29, 1.82) is 0 Å². The molecule has 1 aromatic carbocycles. The zero-order chi connectivity index (χ0) is 25.9. The van der Waals surface area contributed by atoms with E-state index in [0.717, 1.165) is 11.8 Å². The SMILES string of the molecule is CC1=NOC2(CCC(C)N3CC2n2cc(C(=O)NCc4ccc(F)cc4F)c(=O)c(O)c2C3=O)C1C. The number of halogens is 2. The van der Waals surface area contributed by atoms with E-state index in [1.807, 2.05) is 20.8 Å². The standard InChI is InChI=1S/C25H26F2N4O5/c1-12-6-7-25(13(2)14(3)29-36-25)19-11-30(12)24(35)20-22(33)21(32)17(10-31(19)20)23(34)28-9-15-4-5-16(26)8-18(15)27/h4-5,8,10,12-13,19,33H,6-7,9,11H2,1-3H3,(H,28,34). The van der Waals surface area contributed by atoms with Crippen LogP contribution in [0.4, 0.5) is 8.78 Å². The smallest absolute Gasteiger partial charge is 0.274 e. The van der Waals surface area contributed by atoms with Gasteiger partial charge in [0.25, 0.3) is 11.8 Å². The van der Waals surface area contributed by atoms with E-state index in [2.05, 4.69) is 10.5 Å². The molecule has 4 heterocycles. The van der Waals surface area contributed by atoms with Crippen LogP contribution in [-0.2, 0) is 11.4 Å². The number of nitrogens with zero attached hydrogens (tertiary/aromatic N) is 3. The summed E-state index contributed by atoms with van der Waals surface area (Å²) in [4.78, 5) is 46.9. The second-order valence-corrected chi connectivity index (χ2v) is 9.76. The quantitative estimate of drug-likeness (QED) is 0.673. The van der Waals surface area contributed by atoms with Crippen molar-refractivity contribution in [3.8, 4) is 5.75 Å². The molecule has 1 fully saturated rings. The van der Waals surface area contributed by atoms with Gasteiger partial charge in [0.05, 0.1) is 11.8 Å². The van der Waals surface area contributed by atoms with Crippen LogP contribution >= 0.6 is 0 Å². The van der Waals surface area contributed by atoms with Gasteiger partial charge >= 0.3 is 0 Å². The van der Waals surface area contributed by atoms with E-state index in [0.29, 0.717) is 18.9 Å². The fourth-order valence-corrected chi connectivity index (χ4v) is 5.48. The second-order valence-electron chi connectivity index (χ2n) is 9.76. The van der Waals surface area contributed by atoms with Crippen molar-refractivity contribution in [3.05, 3.63) is 63.1 Å². The van der Waals surface area contributed by atoms with Gasteiger partial charge in [-0.2, -0.15) is 0 Å². The van der Waals surface area contributed by atoms with Crippen molar-refractivity contribution >= 4 is 17.5 Å². The number of rotatable bonds is 3. The van der Waals surface area contributed by atoms with Gasteiger partial charge in [-0.15, -0.1) is 0 Å². The van der Waals surface area contributed by atoms with Gasteiger partial charge in [-0.3, -0.25) is 14.4 Å². The van der Waals surface area contributed by atoms with Crippen LogP contribution in [0.15, 0.2) is 34.3 Å². The van der Waals surface area contributed by atoms with Crippen molar-refractivity contribution in [1.82, 2.24) is 14.8 Å². The van der Waals surface area contributed by atoms with Crippen LogP contribution in [0.25, 0.3) is 0 Å². The Morgan fingerprint density at radius 1 is 1.31 bits per heavy atom. The van der Waals surface area contributed by atoms with E-state index in [9.17, 15) is 28.3 Å². The highest BCUT2D eigenvalue weighted by atomic mass is 19.1. The zero-order valence-corrected chi connectivity index (χ0v) is 20.0. The maximum Gasteiger partial charge on any atom is 0.274 e. The maximum atomic E-state index is 14.0. The molecule has 5 rings (SSSR count). The van der Waals surface area contributed by atoms with Crippen molar-refractivity contribution in [2.45, 2.75) is 57.8 Å². The predicted octanol–water partition coefficient (Wildman–Crippen LogP) is 2.72. The zero-order valence-electron chi connectivity index (χ0n) is 20.0. The third-order valence-electron chi connectivity index (χ3n) is 7.85. The fourth-order valence-electron chi connectivity index (χ4n) is 5.48. The third-order valence-corrected chi connectivity index (χ3v) is 7.85. The highest BCUT2D eigenvalue weighted by Crippen LogP contribution is 2.48. The Morgan fingerprint density at radius 3 is 2.72 bits per heavy atom. The molecule has 11 heteroatoms. The topological polar surface area (TPSA) is 113 Å². The van der Waals surface area contributed by atoms with Crippen molar-refractivity contribution in [2.75, 3.05) is 6.54 Å². The van der Waals surface area contributed by atoms with E-state index < -0.39 is 51.8 Å². The number of benzene rings is 1. The van der Waals surface area contributed by atoms with Crippen LogP contribution in [0.3, 0.4) is 0 Å². The van der Waals surface area contributed by atoms with Gasteiger partial charge < -0.3 is 24.7 Å².